The number of benzene rings is 3. The van der Waals surface area contributed by atoms with Crippen molar-refractivity contribution in [3.63, 3.8) is 0 Å². The third kappa shape index (κ3) is 6.64. The topological polar surface area (TPSA) is 75.0 Å². The van der Waals surface area contributed by atoms with Gasteiger partial charge in [-0.3, -0.25) is 9.69 Å². The molecule has 0 spiro atoms. The van der Waals surface area contributed by atoms with Crippen molar-refractivity contribution in [2.45, 2.75) is 12.7 Å². The summed E-state index contributed by atoms with van der Waals surface area (Å²) in [6.07, 6.45) is -0.219. The molecule has 1 heterocycles. The lowest BCUT2D eigenvalue weighted by Gasteiger charge is -2.36. The van der Waals surface area contributed by atoms with Crippen LogP contribution in [0, 0.1) is 17.1 Å². The number of piperazine rings is 1. The summed E-state index contributed by atoms with van der Waals surface area (Å²) in [4.78, 5) is 16.9. The predicted octanol–water partition coefficient (Wildman–Crippen LogP) is 4.43. The van der Waals surface area contributed by atoms with Gasteiger partial charge < -0.3 is 19.1 Å². The van der Waals surface area contributed by atoms with Crippen LogP contribution in [-0.2, 0) is 11.3 Å². The van der Waals surface area contributed by atoms with Crippen LogP contribution >= 0.6 is 0 Å². The highest BCUT2D eigenvalue weighted by molar-refractivity contribution is 5.94. The Hall–Kier alpha value is -3.93. The molecule has 37 heavy (non-hydrogen) atoms. The first kappa shape index (κ1) is 26.1. The van der Waals surface area contributed by atoms with Gasteiger partial charge in [0, 0.05) is 38.3 Å². The number of carbonyl (C=O) groups excluding carboxylic acids is 1. The number of hydrogen-bond acceptors (Lipinski definition) is 6. The summed E-state index contributed by atoms with van der Waals surface area (Å²) in [7, 11) is 3.03. The third-order valence-corrected chi connectivity index (χ3v) is 6.48. The first-order valence-electron chi connectivity index (χ1n) is 12.1. The Morgan fingerprint density at radius 2 is 1.76 bits per heavy atom. The van der Waals surface area contributed by atoms with E-state index < -0.39 is 5.82 Å². The number of nitrogens with zero attached hydrogens (tertiary/aromatic N) is 3. The Kier molecular flexibility index (Phi) is 8.72. The van der Waals surface area contributed by atoms with Crippen molar-refractivity contribution in [2.75, 3.05) is 46.9 Å². The molecule has 1 aliphatic heterocycles. The van der Waals surface area contributed by atoms with E-state index in [1.807, 2.05) is 36.4 Å². The molecule has 0 N–H and O–H groups in total. The predicted molar refractivity (Wildman–Crippen MR) is 137 cm³/mol. The molecule has 3 aromatic rings. The van der Waals surface area contributed by atoms with Crippen molar-refractivity contribution in [3.05, 3.63) is 94.8 Å². The minimum Gasteiger partial charge on any atom is -0.497 e. The Morgan fingerprint density at radius 1 is 1.00 bits per heavy atom. The summed E-state index contributed by atoms with van der Waals surface area (Å²) >= 11 is 0. The van der Waals surface area contributed by atoms with Gasteiger partial charge in [0.25, 0.3) is 5.91 Å². The van der Waals surface area contributed by atoms with E-state index in [4.69, 9.17) is 19.5 Å². The van der Waals surface area contributed by atoms with Crippen molar-refractivity contribution in [3.8, 4) is 17.6 Å². The second-order valence-electron chi connectivity index (χ2n) is 8.83. The first-order chi connectivity index (χ1) is 18.0. The van der Waals surface area contributed by atoms with Crippen LogP contribution in [0.2, 0.25) is 0 Å². The summed E-state index contributed by atoms with van der Waals surface area (Å²) in [6.45, 7) is 3.45. The van der Waals surface area contributed by atoms with Gasteiger partial charge in [0.05, 0.1) is 38.6 Å². The third-order valence-electron chi connectivity index (χ3n) is 6.48. The molecular weight excluding hydrogens is 473 g/mol. The molecule has 8 heteroatoms. The SMILES string of the molecule is COc1cccc([C@H](CN2CCN(C(=O)c3ccc(OC)c(F)c3)CC2)OCc2ccc(C#N)cc2)c1. The largest absolute Gasteiger partial charge is 0.497 e. The first-order valence-corrected chi connectivity index (χ1v) is 12.1. The molecule has 0 aromatic heterocycles. The van der Waals surface area contributed by atoms with Crippen LogP contribution in [0.5, 0.6) is 11.5 Å². The lowest BCUT2D eigenvalue weighted by molar-refractivity contribution is 0.00333. The highest BCUT2D eigenvalue weighted by Crippen LogP contribution is 2.26. The molecule has 0 unspecified atom stereocenters. The number of amides is 1. The van der Waals surface area contributed by atoms with Crippen molar-refractivity contribution < 1.29 is 23.4 Å². The summed E-state index contributed by atoms with van der Waals surface area (Å²) in [6, 6.07) is 21.6. The van der Waals surface area contributed by atoms with Crippen LogP contribution in [0.1, 0.15) is 33.2 Å². The van der Waals surface area contributed by atoms with Gasteiger partial charge in [-0.05, 0) is 53.6 Å². The maximum Gasteiger partial charge on any atom is 0.254 e. The maximum atomic E-state index is 14.1. The smallest absolute Gasteiger partial charge is 0.254 e. The van der Waals surface area contributed by atoms with E-state index in [-0.39, 0.29) is 17.8 Å². The molecule has 0 aliphatic carbocycles. The van der Waals surface area contributed by atoms with Crippen LogP contribution < -0.4 is 9.47 Å². The fourth-order valence-corrected chi connectivity index (χ4v) is 4.32. The minimum atomic E-state index is -0.549. The Morgan fingerprint density at radius 3 is 2.41 bits per heavy atom. The lowest BCUT2D eigenvalue weighted by Crippen LogP contribution is -2.49. The number of halogens is 1. The average Bonchev–Trinajstić information content (AvgIpc) is 2.95. The summed E-state index contributed by atoms with van der Waals surface area (Å²) in [5.41, 5.74) is 2.90. The molecule has 1 saturated heterocycles. The highest BCUT2D eigenvalue weighted by atomic mass is 19.1. The quantitative estimate of drug-likeness (QED) is 0.430. The van der Waals surface area contributed by atoms with E-state index in [1.54, 1.807) is 30.2 Å². The zero-order valence-electron chi connectivity index (χ0n) is 21.0. The van der Waals surface area contributed by atoms with Gasteiger partial charge in [-0.15, -0.1) is 0 Å². The van der Waals surface area contributed by atoms with Gasteiger partial charge in [0.2, 0.25) is 0 Å². The molecule has 1 aliphatic rings. The molecule has 7 nitrogen and oxygen atoms in total. The van der Waals surface area contributed by atoms with Crippen molar-refractivity contribution in [1.29, 1.82) is 5.26 Å². The molecule has 4 rings (SSSR count). The van der Waals surface area contributed by atoms with E-state index in [0.29, 0.717) is 50.5 Å². The number of ether oxygens (including phenoxy) is 3. The summed E-state index contributed by atoms with van der Waals surface area (Å²) in [5.74, 6) is 0.132. The van der Waals surface area contributed by atoms with Crippen molar-refractivity contribution in [2.24, 2.45) is 0 Å². The van der Waals surface area contributed by atoms with E-state index >= 15 is 0 Å². The molecule has 1 amide bonds. The van der Waals surface area contributed by atoms with Gasteiger partial charge in [0.15, 0.2) is 11.6 Å². The number of carbonyl (C=O) groups is 1. The van der Waals surface area contributed by atoms with Gasteiger partial charge in [-0.25, -0.2) is 4.39 Å². The van der Waals surface area contributed by atoms with Crippen LogP contribution in [0.4, 0.5) is 4.39 Å². The van der Waals surface area contributed by atoms with Gasteiger partial charge in [-0.2, -0.15) is 5.26 Å². The molecule has 0 bridgehead atoms. The lowest BCUT2D eigenvalue weighted by atomic mass is 10.1. The molecule has 3 aromatic carbocycles. The molecule has 1 atom stereocenters. The van der Waals surface area contributed by atoms with Crippen LogP contribution in [0.25, 0.3) is 0 Å². The number of nitriles is 1. The molecule has 0 radical (unpaired) electrons. The fourth-order valence-electron chi connectivity index (χ4n) is 4.32. The van der Waals surface area contributed by atoms with E-state index in [9.17, 15) is 9.18 Å². The summed E-state index contributed by atoms with van der Waals surface area (Å²) in [5, 5.41) is 9.03. The van der Waals surface area contributed by atoms with Crippen LogP contribution in [0.3, 0.4) is 0 Å². The second-order valence-corrected chi connectivity index (χ2v) is 8.83. The van der Waals surface area contributed by atoms with Crippen LogP contribution in [0.15, 0.2) is 66.7 Å². The zero-order chi connectivity index (χ0) is 26.2. The fraction of sp³-hybridized carbons (Fsp3) is 0.310. The standard InChI is InChI=1S/C29H30FN3O4/c1-35-25-5-3-4-23(16-25)28(37-20-22-8-6-21(18-31)7-9-22)19-32-12-14-33(15-13-32)29(34)24-10-11-27(36-2)26(30)17-24/h3-11,16-17,28H,12-15,19-20H2,1-2H3/t28-/m0/s1. The normalized spacial score (nSPS) is 14.6. The Balaban J connectivity index is 1.40. The van der Waals surface area contributed by atoms with E-state index in [0.717, 1.165) is 16.9 Å². The highest BCUT2D eigenvalue weighted by Gasteiger charge is 2.25. The number of hydrogen-bond donors (Lipinski definition) is 0. The van der Waals surface area contributed by atoms with Crippen LogP contribution in [-0.4, -0.2) is 62.7 Å². The van der Waals surface area contributed by atoms with Gasteiger partial charge >= 0.3 is 0 Å². The maximum absolute atomic E-state index is 14.1. The molecule has 1 fully saturated rings. The number of methoxy groups -OCH3 is 2. The average molecular weight is 504 g/mol. The van der Waals surface area contributed by atoms with Crippen molar-refractivity contribution in [1.82, 2.24) is 9.80 Å². The number of rotatable bonds is 9. The summed E-state index contributed by atoms with van der Waals surface area (Å²) < 4.78 is 30.8. The Labute approximate surface area is 216 Å². The van der Waals surface area contributed by atoms with E-state index in [2.05, 4.69) is 11.0 Å². The van der Waals surface area contributed by atoms with Gasteiger partial charge in [0.1, 0.15) is 5.75 Å². The zero-order valence-corrected chi connectivity index (χ0v) is 21.0. The second kappa shape index (κ2) is 12.3. The van der Waals surface area contributed by atoms with E-state index in [1.165, 1.54) is 19.2 Å². The van der Waals surface area contributed by atoms with Gasteiger partial charge in [-0.1, -0.05) is 24.3 Å². The minimum absolute atomic E-state index is 0.117. The molecular formula is C29H30FN3O4. The molecule has 0 saturated carbocycles. The van der Waals surface area contributed by atoms with Crippen molar-refractivity contribution >= 4 is 5.91 Å². The monoisotopic (exact) mass is 503 g/mol. The Bertz CT molecular complexity index is 1250. The molecule has 192 valence electrons.